The number of Topliss-reactive ketones (excluding diaryl/α,β-unsaturated/α-hetero) is 1. The second-order valence-electron chi connectivity index (χ2n) is 20.4. The fourth-order valence-corrected chi connectivity index (χ4v) is 11.7. The highest BCUT2D eigenvalue weighted by Gasteiger charge is 2.48. The van der Waals surface area contributed by atoms with Gasteiger partial charge in [0.1, 0.15) is 30.0 Å². The monoisotopic (exact) mass is 967 g/mol. The van der Waals surface area contributed by atoms with Gasteiger partial charge in [-0.15, -0.1) is 0 Å². The second-order valence-corrected chi connectivity index (χ2v) is 22.3. The summed E-state index contributed by atoms with van der Waals surface area (Å²) in [4.78, 5) is 58.6. The molecule has 14 heteroatoms. The summed E-state index contributed by atoms with van der Waals surface area (Å²) in [6, 6.07) is 27.7. The Morgan fingerprint density at radius 3 is 2.03 bits per heavy atom. The van der Waals surface area contributed by atoms with Crippen molar-refractivity contribution in [2.75, 3.05) is 29.3 Å². The highest BCUT2D eigenvalue weighted by atomic mass is 32.2. The van der Waals surface area contributed by atoms with E-state index in [4.69, 9.17) is 18.4 Å². The quantitative estimate of drug-likeness (QED) is 0.100. The lowest BCUT2D eigenvalue weighted by atomic mass is 9.88. The van der Waals surface area contributed by atoms with Crippen molar-refractivity contribution < 1.29 is 46.0 Å². The first-order valence-corrected chi connectivity index (χ1v) is 25.6. The van der Waals surface area contributed by atoms with Gasteiger partial charge >= 0.3 is 0 Å². The van der Waals surface area contributed by atoms with E-state index in [1.807, 2.05) is 78.6 Å². The third-order valence-electron chi connectivity index (χ3n) is 14.2. The Kier molecular flexibility index (Phi) is 13.4. The molecule has 4 aliphatic rings. The van der Waals surface area contributed by atoms with Crippen molar-refractivity contribution in [3.05, 3.63) is 141 Å². The smallest absolute Gasteiger partial charge is 0.272 e. The Hall–Kier alpha value is -6.51. The molecule has 9 rings (SSSR count). The predicted octanol–water partition coefficient (Wildman–Crippen LogP) is 9.51. The van der Waals surface area contributed by atoms with Gasteiger partial charge in [-0.25, -0.2) is 0 Å². The number of carbonyl (C=O) groups excluding carboxylic acids is 4. The number of nitrogens with one attached hydrogen (secondary N) is 1. The van der Waals surface area contributed by atoms with Crippen LogP contribution in [0.4, 0.5) is 17.1 Å². The highest BCUT2D eigenvalue weighted by Crippen LogP contribution is 2.43. The molecule has 5 aromatic carbocycles. The van der Waals surface area contributed by atoms with Gasteiger partial charge in [0.2, 0.25) is 5.91 Å². The van der Waals surface area contributed by atoms with E-state index in [1.165, 1.54) is 5.56 Å². The van der Waals surface area contributed by atoms with Crippen molar-refractivity contribution in [3.63, 3.8) is 0 Å². The van der Waals surface area contributed by atoms with Gasteiger partial charge in [-0.2, -0.15) is 8.42 Å². The minimum absolute atomic E-state index is 0.00221. The minimum atomic E-state index is -4.08. The van der Waals surface area contributed by atoms with Gasteiger partial charge in [-0.3, -0.25) is 23.4 Å². The molecule has 13 nitrogen and oxygen atoms in total. The third kappa shape index (κ3) is 9.80. The van der Waals surface area contributed by atoms with E-state index in [0.717, 1.165) is 43.2 Å². The molecule has 5 aromatic rings. The van der Waals surface area contributed by atoms with Gasteiger partial charge in [0.25, 0.3) is 21.9 Å². The maximum absolute atomic E-state index is 14.4. The Labute approximate surface area is 410 Å². The number of methoxy groups -OCH3 is 1. The van der Waals surface area contributed by atoms with Gasteiger partial charge < -0.3 is 29.3 Å². The Balaban J connectivity index is 0.986. The van der Waals surface area contributed by atoms with Crippen LogP contribution in [0.1, 0.15) is 113 Å². The van der Waals surface area contributed by atoms with Crippen LogP contribution in [0.15, 0.2) is 91.0 Å². The molecule has 4 heterocycles. The number of fused-ring (bicyclic) bond motifs is 8. The SMILES string of the molecule is COc1cc2c(cc1OCc1cc(COc3cc4c(cc3C)C(=O)N3c5ccccc5C[C@H]3C(S(=O)(=O)OC)C4)cc(NC(=O)[C@H](C)CC(=O)CCC(C)(C)C)c1)CC[C@@H]1Cc3ccccc3N1C2=O. The number of hydrogen-bond donors (Lipinski definition) is 1. The molecule has 3 amide bonds. The van der Waals surface area contributed by atoms with Crippen molar-refractivity contribution in [3.8, 4) is 17.2 Å². The molecule has 1 unspecified atom stereocenters. The number of rotatable bonds is 15. The summed E-state index contributed by atoms with van der Waals surface area (Å²) in [6.45, 7) is 9.95. The van der Waals surface area contributed by atoms with Crippen LogP contribution in [0.3, 0.4) is 0 Å². The van der Waals surface area contributed by atoms with E-state index >= 15 is 0 Å². The number of anilines is 3. The predicted molar refractivity (Wildman–Crippen MR) is 269 cm³/mol. The standard InChI is InChI=1S/C56H61N3O10S/c1-33-21-44-40(29-52(70(64,65)67-7)48-26-39-13-9-11-15-47(39)59(48)55(44)63)28-49(33)68-31-35-22-36(24-41(23-35)57-53(61)34(2)20-43(60)18-19-56(3,4)5)32-69-51-27-37-16-17-42-25-38-12-8-10-14-46(38)58(42)54(62)45(37)30-50(51)66-6/h8-15,21-24,27-28,30,34,42,48,52H,16-20,25-26,29,31-32H2,1-7H3,(H,57,61)/t34-,42-,48+,52?/m1/s1. The maximum Gasteiger partial charge on any atom is 0.272 e. The molecular formula is C56H61N3O10S. The summed E-state index contributed by atoms with van der Waals surface area (Å²) in [6.07, 6.45) is 3.94. The fourth-order valence-electron chi connectivity index (χ4n) is 10.5. The van der Waals surface area contributed by atoms with Crippen molar-refractivity contribution in [2.45, 2.75) is 117 Å². The van der Waals surface area contributed by atoms with Gasteiger partial charge in [0.15, 0.2) is 11.5 Å². The fraction of sp³-hybridized carbons (Fsp3) is 0.393. The van der Waals surface area contributed by atoms with Gasteiger partial charge in [0, 0.05) is 53.0 Å². The molecule has 70 heavy (non-hydrogen) atoms. The molecule has 1 N–H and O–H groups in total. The normalized spacial score (nSPS) is 18.6. The van der Waals surface area contributed by atoms with Gasteiger partial charge in [-0.05, 0) is 144 Å². The lowest BCUT2D eigenvalue weighted by Gasteiger charge is -2.28. The first kappa shape index (κ1) is 48.5. The number of benzene rings is 5. The van der Waals surface area contributed by atoms with Crippen LogP contribution >= 0.6 is 0 Å². The van der Waals surface area contributed by atoms with Crippen LogP contribution in [0.2, 0.25) is 0 Å². The van der Waals surface area contributed by atoms with E-state index in [0.29, 0.717) is 81.3 Å². The van der Waals surface area contributed by atoms with E-state index in [1.54, 1.807) is 37.1 Å². The molecule has 0 radical (unpaired) electrons. The average Bonchev–Trinajstić information content (AvgIpc) is 3.84. The van der Waals surface area contributed by atoms with Crippen molar-refractivity contribution in [2.24, 2.45) is 11.3 Å². The van der Waals surface area contributed by atoms with E-state index in [2.05, 4.69) is 32.2 Å². The molecule has 366 valence electrons. The second kappa shape index (κ2) is 19.4. The summed E-state index contributed by atoms with van der Waals surface area (Å²) in [5.74, 6) is 0.155. The Morgan fingerprint density at radius 2 is 1.36 bits per heavy atom. The van der Waals surface area contributed by atoms with Crippen LogP contribution < -0.4 is 29.3 Å². The molecule has 0 saturated carbocycles. The Bertz CT molecular complexity index is 3010. The van der Waals surface area contributed by atoms with Crippen LogP contribution in [0.5, 0.6) is 17.2 Å². The maximum atomic E-state index is 14.4. The molecular weight excluding hydrogens is 907 g/mol. The van der Waals surface area contributed by atoms with Crippen LogP contribution in [0.25, 0.3) is 0 Å². The molecule has 0 aliphatic carbocycles. The first-order chi connectivity index (χ1) is 33.4. The number of carbonyl (C=O) groups is 4. The summed E-state index contributed by atoms with van der Waals surface area (Å²) < 4.78 is 51.0. The van der Waals surface area contributed by atoms with Crippen LogP contribution in [0, 0.1) is 18.3 Å². The van der Waals surface area contributed by atoms with Crippen molar-refractivity contribution in [1.82, 2.24) is 0 Å². The lowest BCUT2D eigenvalue weighted by molar-refractivity contribution is -0.126. The van der Waals surface area contributed by atoms with Crippen molar-refractivity contribution in [1.29, 1.82) is 0 Å². The number of para-hydroxylation sites is 2. The molecule has 0 aromatic heterocycles. The number of ketones is 1. The van der Waals surface area contributed by atoms with E-state index in [9.17, 15) is 27.6 Å². The average molecular weight is 968 g/mol. The lowest BCUT2D eigenvalue weighted by Crippen LogP contribution is -2.47. The number of ether oxygens (including phenoxy) is 3. The summed E-state index contributed by atoms with van der Waals surface area (Å²) in [7, 11) is -1.38. The number of aryl methyl sites for hydroxylation is 2. The van der Waals surface area contributed by atoms with Gasteiger partial charge in [0.05, 0.1) is 20.3 Å². The van der Waals surface area contributed by atoms with Crippen LogP contribution in [-0.2, 0) is 62.8 Å². The van der Waals surface area contributed by atoms with E-state index in [-0.39, 0.29) is 61.0 Å². The van der Waals surface area contributed by atoms with Crippen molar-refractivity contribution >= 4 is 50.7 Å². The highest BCUT2D eigenvalue weighted by molar-refractivity contribution is 7.87. The van der Waals surface area contributed by atoms with Gasteiger partial charge in [-0.1, -0.05) is 64.1 Å². The number of nitrogens with zero attached hydrogens (tertiary/aromatic N) is 2. The number of hydrogen-bond acceptors (Lipinski definition) is 10. The number of amides is 3. The summed E-state index contributed by atoms with van der Waals surface area (Å²) >= 11 is 0. The Morgan fingerprint density at radius 1 is 0.743 bits per heavy atom. The third-order valence-corrected chi connectivity index (χ3v) is 15.9. The zero-order valence-electron chi connectivity index (χ0n) is 40.9. The molecule has 0 fully saturated rings. The minimum Gasteiger partial charge on any atom is -0.493 e. The molecule has 4 aliphatic heterocycles. The van der Waals surface area contributed by atoms with E-state index < -0.39 is 27.3 Å². The summed E-state index contributed by atoms with van der Waals surface area (Å²) in [5, 5.41) is 2.00. The largest absolute Gasteiger partial charge is 0.493 e. The van der Waals surface area contributed by atoms with Crippen LogP contribution in [-0.4, -0.2) is 63.5 Å². The zero-order chi connectivity index (χ0) is 49.6. The first-order valence-electron chi connectivity index (χ1n) is 24.1. The topological polar surface area (TPSA) is 158 Å². The molecule has 0 bridgehead atoms. The molecule has 0 spiro atoms. The molecule has 0 saturated heterocycles. The molecule has 4 atom stereocenters. The zero-order valence-corrected chi connectivity index (χ0v) is 41.7. The summed E-state index contributed by atoms with van der Waals surface area (Å²) in [5.41, 5.74) is 8.66.